The van der Waals surface area contributed by atoms with Gasteiger partial charge in [0.05, 0.1) is 0 Å². The molecule has 30 heavy (non-hydrogen) atoms. The number of carbonyl (C=O) groups is 1. The Morgan fingerprint density at radius 3 is 1.97 bits per heavy atom. The van der Waals surface area contributed by atoms with Crippen LogP contribution in [0.4, 0.5) is 0 Å². The van der Waals surface area contributed by atoms with Crippen molar-refractivity contribution in [3.8, 4) is 17.1 Å². The second kappa shape index (κ2) is 14.1. The first-order chi connectivity index (χ1) is 14.6. The smallest absolute Gasteiger partial charge is 0.329 e. The molecule has 0 bridgehead atoms. The molecule has 0 N–H and O–H groups in total. The number of hydrogen-bond donors (Lipinski definition) is 0. The summed E-state index contributed by atoms with van der Waals surface area (Å²) in [7, 11) is 0. The topological polar surface area (TPSA) is 52.1 Å². The molecule has 5 heteroatoms. The molecule has 1 aromatic heterocycles. The molecule has 0 aliphatic heterocycles. The second-order valence-electron chi connectivity index (χ2n) is 7.91. The van der Waals surface area contributed by atoms with Crippen LogP contribution in [0.25, 0.3) is 11.4 Å². The molecule has 0 saturated carbocycles. The molecular formula is C25H35ClN2O2. The number of unbranched alkanes of at least 4 members (excludes halogenated alkanes) is 9. The molecule has 1 heterocycles. The number of ether oxygens (including phenoxy) is 1. The summed E-state index contributed by atoms with van der Waals surface area (Å²) in [6.45, 7) is 3.85. The first-order valence-electron chi connectivity index (χ1n) is 11.4. The van der Waals surface area contributed by atoms with Crippen LogP contribution in [0.1, 0.15) is 83.6 Å². The van der Waals surface area contributed by atoms with E-state index in [-0.39, 0.29) is 0 Å². The molecule has 0 aliphatic carbocycles. The first-order valence-corrected chi connectivity index (χ1v) is 11.8. The van der Waals surface area contributed by atoms with Crippen molar-refractivity contribution < 1.29 is 9.53 Å². The zero-order chi connectivity index (χ0) is 21.6. The molecule has 0 amide bonds. The number of alkyl halides is 1. The van der Waals surface area contributed by atoms with Gasteiger partial charge in [-0.2, -0.15) is 0 Å². The van der Waals surface area contributed by atoms with E-state index in [1.165, 1.54) is 69.8 Å². The second-order valence-corrected chi connectivity index (χ2v) is 8.56. The normalized spacial score (nSPS) is 12.0. The number of carbonyl (C=O) groups excluding carboxylic acids is 1. The fraction of sp³-hybridized carbons (Fsp3) is 0.560. The van der Waals surface area contributed by atoms with Gasteiger partial charge in [-0.3, -0.25) is 4.79 Å². The van der Waals surface area contributed by atoms with Crippen LogP contribution < -0.4 is 4.74 Å². The molecule has 1 unspecified atom stereocenters. The average molecular weight is 431 g/mol. The summed E-state index contributed by atoms with van der Waals surface area (Å²) in [6.07, 6.45) is 18.3. The van der Waals surface area contributed by atoms with Crippen molar-refractivity contribution in [1.82, 2.24) is 9.97 Å². The number of halogens is 1. The first kappa shape index (κ1) is 24.3. The van der Waals surface area contributed by atoms with Crippen molar-refractivity contribution >= 4 is 17.6 Å². The van der Waals surface area contributed by atoms with Crippen LogP contribution in [0.3, 0.4) is 0 Å². The van der Waals surface area contributed by atoms with E-state index in [1.807, 2.05) is 24.5 Å². The van der Waals surface area contributed by atoms with Crippen LogP contribution >= 0.6 is 11.6 Å². The van der Waals surface area contributed by atoms with Crippen LogP contribution in [-0.2, 0) is 11.2 Å². The molecule has 4 nitrogen and oxygen atoms in total. The number of rotatable bonds is 14. The van der Waals surface area contributed by atoms with E-state index < -0.39 is 11.3 Å². The Kier molecular flexibility index (Phi) is 11.5. The minimum Gasteiger partial charge on any atom is -0.425 e. The van der Waals surface area contributed by atoms with Gasteiger partial charge in [-0.15, -0.1) is 11.6 Å². The van der Waals surface area contributed by atoms with Gasteiger partial charge in [0.2, 0.25) is 0 Å². The van der Waals surface area contributed by atoms with Gasteiger partial charge in [0.1, 0.15) is 11.1 Å². The Hall–Kier alpha value is -1.94. The summed E-state index contributed by atoms with van der Waals surface area (Å²) in [5.41, 5.74) is 2.07. The summed E-state index contributed by atoms with van der Waals surface area (Å²) in [5.74, 6) is 0.677. The van der Waals surface area contributed by atoms with Crippen molar-refractivity contribution in [3.63, 3.8) is 0 Å². The van der Waals surface area contributed by atoms with Gasteiger partial charge in [0.25, 0.3) is 0 Å². The maximum Gasteiger partial charge on any atom is 0.329 e. The van der Waals surface area contributed by atoms with E-state index in [0.29, 0.717) is 11.6 Å². The number of nitrogens with zero attached hydrogens (tertiary/aromatic N) is 2. The third-order valence-electron chi connectivity index (χ3n) is 5.18. The Balaban J connectivity index is 1.67. The summed E-state index contributed by atoms with van der Waals surface area (Å²) in [4.78, 5) is 20.5. The van der Waals surface area contributed by atoms with Gasteiger partial charge in [-0.1, -0.05) is 64.7 Å². The molecule has 1 atom stereocenters. The van der Waals surface area contributed by atoms with Gasteiger partial charge in [0, 0.05) is 18.0 Å². The van der Waals surface area contributed by atoms with E-state index in [1.54, 1.807) is 19.1 Å². The third-order valence-corrected chi connectivity index (χ3v) is 5.36. The summed E-state index contributed by atoms with van der Waals surface area (Å²) in [6, 6.07) is 7.15. The van der Waals surface area contributed by atoms with Crippen molar-refractivity contribution in [2.45, 2.75) is 89.9 Å². The number of esters is 1. The highest BCUT2D eigenvalue weighted by molar-refractivity contribution is 6.29. The fourth-order valence-electron chi connectivity index (χ4n) is 3.32. The maximum absolute atomic E-state index is 11.5. The molecule has 0 fully saturated rings. The van der Waals surface area contributed by atoms with Crippen molar-refractivity contribution in [3.05, 3.63) is 42.2 Å². The number of hydrogen-bond acceptors (Lipinski definition) is 4. The predicted molar refractivity (Wildman–Crippen MR) is 124 cm³/mol. The molecule has 0 spiro atoms. The standard InChI is InChI=1S/C25H35ClN2O2/c1-3-4-5-6-7-8-9-10-11-12-13-21-18-27-24(28-19-21)22-14-16-23(17-15-22)30-25(29)20(2)26/h14-20H,3-13H2,1-2H3. The number of aryl methyl sites for hydroxylation is 1. The number of aromatic nitrogens is 2. The molecule has 2 aromatic rings. The molecule has 1 aromatic carbocycles. The molecular weight excluding hydrogens is 396 g/mol. The van der Waals surface area contributed by atoms with E-state index in [4.69, 9.17) is 16.3 Å². The lowest BCUT2D eigenvalue weighted by Gasteiger charge is -2.07. The minimum absolute atomic E-state index is 0.461. The highest BCUT2D eigenvalue weighted by atomic mass is 35.5. The van der Waals surface area contributed by atoms with Gasteiger partial charge in [0.15, 0.2) is 5.82 Å². The lowest BCUT2D eigenvalue weighted by molar-refractivity contribution is -0.133. The van der Waals surface area contributed by atoms with Gasteiger partial charge < -0.3 is 4.74 Å². The predicted octanol–water partition coefficient (Wildman–Crippen LogP) is 7.14. The van der Waals surface area contributed by atoms with Gasteiger partial charge in [-0.05, 0) is 49.6 Å². The maximum atomic E-state index is 11.5. The van der Waals surface area contributed by atoms with E-state index in [0.717, 1.165) is 12.0 Å². The molecule has 2 rings (SSSR count). The molecule has 0 radical (unpaired) electrons. The fourth-order valence-corrected chi connectivity index (χ4v) is 3.36. The van der Waals surface area contributed by atoms with E-state index in [2.05, 4.69) is 16.9 Å². The Labute approximate surface area is 186 Å². The summed E-state index contributed by atoms with van der Waals surface area (Å²) in [5, 5.41) is -0.670. The Morgan fingerprint density at radius 2 is 1.43 bits per heavy atom. The Morgan fingerprint density at radius 1 is 0.900 bits per heavy atom. The molecule has 164 valence electrons. The highest BCUT2D eigenvalue weighted by Crippen LogP contribution is 2.20. The van der Waals surface area contributed by atoms with Crippen LogP contribution in [0.5, 0.6) is 5.75 Å². The zero-order valence-corrected chi connectivity index (χ0v) is 19.2. The number of benzene rings is 1. The monoisotopic (exact) mass is 430 g/mol. The quantitative estimate of drug-likeness (QED) is 0.138. The third kappa shape index (κ3) is 9.25. The molecule has 0 saturated heterocycles. The van der Waals surface area contributed by atoms with Crippen LogP contribution in [0.15, 0.2) is 36.7 Å². The van der Waals surface area contributed by atoms with Crippen LogP contribution in [0, 0.1) is 0 Å². The van der Waals surface area contributed by atoms with Crippen LogP contribution in [-0.4, -0.2) is 21.3 Å². The summed E-state index contributed by atoms with van der Waals surface area (Å²) >= 11 is 5.71. The highest BCUT2D eigenvalue weighted by Gasteiger charge is 2.12. The van der Waals surface area contributed by atoms with Crippen molar-refractivity contribution in [2.75, 3.05) is 0 Å². The van der Waals surface area contributed by atoms with Crippen molar-refractivity contribution in [2.24, 2.45) is 0 Å². The molecule has 0 aliphatic rings. The van der Waals surface area contributed by atoms with Crippen LogP contribution in [0.2, 0.25) is 0 Å². The van der Waals surface area contributed by atoms with Crippen molar-refractivity contribution in [1.29, 1.82) is 0 Å². The average Bonchev–Trinajstić information content (AvgIpc) is 2.76. The largest absolute Gasteiger partial charge is 0.425 e. The zero-order valence-electron chi connectivity index (χ0n) is 18.4. The summed E-state index contributed by atoms with van der Waals surface area (Å²) < 4.78 is 5.18. The lowest BCUT2D eigenvalue weighted by Crippen LogP contribution is -2.17. The van der Waals surface area contributed by atoms with Gasteiger partial charge in [-0.25, -0.2) is 9.97 Å². The Bertz CT molecular complexity index is 730. The lowest BCUT2D eigenvalue weighted by atomic mass is 10.0. The minimum atomic E-state index is -0.670. The SMILES string of the molecule is CCCCCCCCCCCCc1cnc(-c2ccc(OC(=O)C(C)Cl)cc2)nc1. The van der Waals surface area contributed by atoms with Gasteiger partial charge >= 0.3 is 5.97 Å². The van der Waals surface area contributed by atoms with E-state index >= 15 is 0 Å². The van der Waals surface area contributed by atoms with E-state index in [9.17, 15) is 4.79 Å².